The first kappa shape index (κ1) is 20.8. The van der Waals surface area contributed by atoms with Crippen LogP contribution in [-0.2, 0) is 16.7 Å². The van der Waals surface area contributed by atoms with Gasteiger partial charge in [0.05, 0.1) is 0 Å². The molecule has 29 heavy (non-hydrogen) atoms. The second-order valence-corrected chi connectivity index (χ2v) is 7.05. The molecule has 0 spiro atoms. The topological polar surface area (TPSA) is 105 Å². The number of nitrogens with one attached hydrogen (secondary N) is 2. The molecule has 4 N–H and O–H groups in total. The lowest BCUT2D eigenvalue weighted by molar-refractivity contribution is -0.116. The molecule has 156 valence electrons. The Morgan fingerprint density at radius 3 is 2.79 bits per heavy atom. The van der Waals surface area contributed by atoms with Crippen molar-refractivity contribution in [3.63, 3.8) is 0 Å². The molecule has 10 heteroatoms. The number of benzene rings is 1. The largest absolute Gasteiger partial charge is 0.385 e. The number of amidine groups is 1. The summed E-state index contributed by atoms with van der Waals surface area (Å²) in [5.74, 6) is -5.13. The third-order valence-corrected chi connectivity index (χ3v) is 5.04. The molecule has 0 saturated carbocycles. The molecule has 1 aromatic carbocycles. The molecule has 0 bridgehead atoms. The molecule has 1 atom stereocenters. The van der Waals surface area contributed by atoms with Crippen LogP contribution in [0.4, 0.5) is 18.9 Å². The highest BCUT2D eigenvalue weighted by Crippen LogP contribution is 2.44. The summed E-state index contributed by atoms with van der Waals surface area (Å²) in [4.78, 5) is 16.4. The number of carbonyl (C=O) groups excluding carboxylic acids is 1. The number of nitrogens with zero attached hydrogens (tertiary/aromatic N) is 2. The molecule has 1 aliphatic rings. The molecule has 0 aliphatic carbocycles. The number of hydrogen-bond donors (Lipinski definition) is 3. The summed E-state index contributed by atoms with van der Waals surface area (Å²) in [6, 6.07) is 3.41. The van der Waals surface area contributed by atoms with Gasteiger partial charge in [0.25, 0.3) is 11.8 Å². The number of H-pyrrole nitrogens is 1. The summed E-state index contributed by atoms with van der Waals surface area (Å²) in [5, 5.41) is 9.33. The Labute approximate surface area is 165 Å². The number of amides is 1. The highest BCUT2D eigenvalue weighted by atomic mass is 19.3. The van der Waals surface area contributed by atoms with E-state index >= 15 is 0 Å². The van der Waals surface area contributed by atoms with Crippen molar-refractivity contribution in [2.24, 2.45) is 10.7 Å². The van der Waals surface area contributed by atoms with Gasteiger partial charge in [-0.25, -0.2) is 13.2 Å². The molecule has 1 aromatic heterocycles. The molecule has 1 aliphatic heterocycles. The number of halogens is 3. The second kappa shape index (κ2) is 7.51. The zero-order valence-electron chi connectivity index (χ0n) is 16.3. The van der Waals surface area contributed by atoms with Crippen LogP contribution in [0.5, 0.6) is 0 Å². The SMILES string of the molecule is CCc1[nH]nc(C(=O)Nc2ccc(F)c([C@@]3(C)N=C(N)COCC3(F)F)c2)c1C. The van der Waals surface area contributed by atoms with Crippen LogP contribution in [0.2, 0.25) is 0 Å². The minimum Gasteiger partial charge on any atom is -0.385 e. The van der Waals surface area contributed by atoms with Crippen LogP contribution in [0.3, 0.4) is 0 Å². The number of nitrogens with two attached hydrogens (primary N) is 1. The predicted molar refractivity (Wildman–Crippen MR) is 102 cm³/mol. The standard InChI is InChI=1S/C19H22F3N5O2/c1-4-14-10(2)16(27-26-14)17(28)24-11-5-6-13(20)12(7-11)18(3)19(21,22)9-29-8-15(23)25-18/h5-7H,4,8-9H2,1-3H3,(H2,23,25)(H,24,28)(H,26,27)/t18-/m1/s1. The van der Waals surface area contributed by atoms with Gasteiger partial charge in [0.15, 0.2) is 11.2 Å². The Morgan fingerprint density at radius 1 is 1.41 bits per heavy atom. The number of aromatic nitrogens is 2. The minimum absolute atomic E-state index is 0.128. The monoisotopic (exact) mass is 409 g/mol. The zero-order valence-corrected chi connectivity index (χ0v) is 16.3. The molecule has 0 saturated heterocycles. The fourth-order valence-electron chi connectivity index (χ4n) is 3.25. The van der Waals surface area contributed by atoms with Gasteiger partial charge in [-0.05, 0) is 38.5 Å². The highest BCUT2D eigenvalue weighted by Gasteiger charge is 2.54. The maximum absolute atomic E-state index is 14.8. The van der Waals surface area contributed by atoms with Crippen LogP contribution < -0.4 is 11.1 Å². The summed E-state index contributed by atoms with van der Waals surface area (Å²) < 4.78 is 48.9. The summed E-state index contributed by atoms with van der Waals surface area (Å²) in [7, 11) is 0. The number of aromatic amines is 1. The molecule has 7 nitrogen and oxygen atoms in total. The summed E-state index contributed by atoms with van der Waals surface area (Å²) in [6.07, 6.45) is 0.668. The molecule has 0 unspecified atom stereocenters. The van der Waals surface area contributed by atoms with E-state index in [1.807, 2.05) is 6.92 Å². The summed E-state index contributed by atoms with van der Waals surface area (Å²) >= 11 is 0. The van der Waals surface area contributed by atoms with Crippen LogP contribution >= 0.6 is 0 Å². The molecule has 1 amide bonds. The fourth-order valence-corrected chi connectivity index (χ4v) is 3.25. The molecule has 2 heterocycles. The van der Waals surface area contributed by atoms with E-state index in [1.54, 1.807) is 6.92 Å². The van der Waals surface area contributed by atoms with Gasteiger partial charge in [-0.2, -0.15) is 5.10 Å². The summed E-state index contributed by atoms with van der Waals surface area (Å²) in [5.41, 5.74) is 4.73. The number of ether oxygens (including phenoxy) is 1. The van der Waals surface area contributed by atoms with E-state index in [2.05, 4.69) is 20.5 Å². The summed E-state index contributed by atoms with van der Waals surface area (Å²) in [6.45, 7) is 3.51. The lowest BCUT2D eigenvalue weighted by Crippen LogP contribution is -2.45. The van der Waals surface area contributed by atoms with E-state index in [0.29, 0.717) is 12.0 Å². The third-order valence-electron chi connectivity index (χ3n) is 5.04. The smallest absolute Gasteiger partial charge is 0.299 e. The Morgan fingerprint density at radius 2 is 2.14 bits per heavy atom. The van der Waals surface area contributed by atoms with Crippen LogP contribution in [0.15, 0.2) is 23.2 Å². The van der Waals surface area contributed by atoms with Gasteiger partial charge in [0.1, 0.15) is 24.9 Å². The molecule has 3 rings (SSSR count). The number of anilines is 1. The zero-order chi connectivity index (χ0) is 21.4. The van der Waals surface area contributed by atoms with Gasteiger partial charge < -0.3 is 15.8 Å². The van der Waals surface area contributed by atoms with Gasteiger partial charge in [0.2, 0.25) is 0 Å². The lowest BCUT2D eigenvalue weighted by Gasteiger charge is -2.33. The van der Waals surface area contributed by atoms with Crippen LogP contribution in [0, 0.1) is 12.7 Å². The highest BCUT2D eigenvalue weighted by molar-refractivity contribution is 6.04. The van der Waals surface area contributed by atoms with Gasteiger partial charge in [-0.15, -0.1) is 0 Å². The Hall–Kier alpha value is -2.88. The number of hydrogen-bond acceptors (Lipinski definition) is 5. The molecular weight excluding hydrogens is 387 g/mol. The van der Waals surface area contributed by atoms with Gasteiger partial charge in [0, 0.05) is 22.5 Å². The second-order valence-electron chi connectivity index (χ2n) is 7.05. The van der Waals surface area contributed by atoms with Crippen LogP contribution in [0.25, 0.3) is 0 Å². The number of carbonyl (C=O) groups is 1. The molecular formula is C19H22F3N5O2. The number of rotatable bonds is 4. The van der Waals surface area contributed by atoms with E-state index < -0.39 is 35.4 Å². The maximum Gasteiger partial charge on any atom is 0.299 e. The maximum atomic E-state index is 14.8. The Balaban J connectivity index is 1.98. The van der Waals surface area contributed by atoms with E-state index in [-0.39, 0.29) is 23.8 Å². The van der Waals surface area contributed by atoms with Crippen molar-refractivity contribution >= 4 is 17.4 Å². The molecule has 0 radical (unpaired) electrons. The van der Waals surface area contributed by atoms with Crippen LogP contribution in [-0.4, -0.2) is 41.1 Å². The normalized spacial score (nSPS) is 21.4. The van der Waals surface area contributed by atoms with E-state index in [9.17, 15) is 18.0 Å². The van der Waals surface area contributed by atoms with Crippen molar-refractivity contribution in [3.8, 4) is 0 Å². The first-order chi connectivity index (χ1) is 13.6. The molecule has 2 aromatic rings. The lowest BCUT2D eigenvalue weighted by atomic mass is 9.85. The predicted octanol–water partition coefficient (Wildman–Crippen LogP) is 2.91. The van der Waals surface area contributed by atoms with Crippen LogP contribution in [0.1, 0.15) is 41.2 Å². The fraction of sp³-hybridized carbons (Fsp3) is 0.421. The van der Waals surface area contributed by atoms with Crippen molar-refractivity contribution in [1.29, 1.82) is 0 Å². The Bertz CT molecular complexity index is 973. The third kappa shape index (κ3) is 3.71. The average molecular weight is 409 g/mol. The first-order valence-corrected chi connectivity index (χ1v) is 9.04. The van der Waals surface area contributed by atoms with E-state index in [0.717, 1.165) is 24.8 Å². The van der Waals surface area contributed by atoms with Crippen molar-refractivity contribution in [3.05, 3.63) is 46.5 Å². The Kier molecular flexibility index (Phi) is 5.40. The van der Waals surface area contributed by atoms with Gasteiger partial charge >= 0.3 is 0 Å². The van der Waals surface area contributed by atoms with Crippen molar-refractivity contribution in [2.75, 3.05) is 18.5 Å². The van der Waals surface area contributed by atoms with Crippen molar-refractivity contribution in [2.45, 2.75) is 38.7 Å². The number of aryl methyl sites for hydroxylation is 1. The molecule has 0 fully saturated rings. The average Bonchev–Trinajstić information content (AvgIpc) is 2.98. The first-order valence-electron chi connectivity index (χ1n) is 9.04. The van der Waals surface area contributed by atoms with Crippen molar-refractivity contribution in [1.82, 2.24) is 10.2 Å². The van der Waals surface area contributed by atoms with E-state index in [1.165, 1.54) is 6.07 Å². The van der Waals surface area contributed by atoms with Gasteiger partial charge in [-0.1, -0.05) is 6.92 Å². The van der Waals surface area contributed by atoms with E-state index in [4.69, 9.17) is 10.5 Å². The quantitative estimate of drug-likeness (QED) is 0.722. The number of alkyl halides is 2. The minimum atomic E-state index is -3.52. The van der Waals surface area contributed by atoms with Crippen molar-refractivity contribution < 1.29 is 22.7 Å². The number of aliphatic imine (C=N–C) groups is 1. The van der Waals surface area contributed by atoms with Gasteiger partial charge in [-0.3, -0.25) is 14.9 Å².